The van der Waals surface area contributed by atoms with E-state index in [2.05, 4.69) is 33.0 Å². The minimum Gasteiger partial charge on any atom is -0.314 e. The zero-order valence-electron chi connectivity index (χ0n) is 8.93. The van der Waals surface area contributed by atoms with E-state index in [1.165, 1.54) is 19.4 Å². The molecule has 12 heavy (non-hydrogen) atoms. The molecule has 2 unspecified atom stereocenters. The topological polar surface area (TPSA) is 12.0 Å². The van der Waals surface area contributed by atoms with Gasteiger partial charge in [0.15, 0.2) is 0 Å². The Morgan fingerprint density at radius 3 is 2.17 bits per heavy atom. The Hall–Kier alpha value is -0.0400. The molecule has 0 bridgehead atoms. The van der Waals surface area contributed by atoms with Gasteiger partial charge in [0.05, 0.1) is 0 Å². The van der Waals surface area contributed by atoms with E-state index < -0.39 is 0 Å². The lowest BCUT2D eigenvalue weighted by Gasteiger charge is -2.19. The van der Waals surface area contributed by atoms with Gasteiger partial charge in [0, 0.05) is 6.04 Å². The van der Waals surface area contributed by atoms with Crippen LogP contribution >= 0.6 is 0 Å². The molecule has 1 heteroatoms. The van der Waals surface area contributed by atoms with Crippen LogP contribution in [0.25, 0.3) is 0 Å². The lowest BCUT2D eigenvalue weighted by molar-refractivity contribution is 0.362. The Bertz CT molecular complexity index is 119. The van der Waals surface area contributed by atoms with Gasteiger partial charge in [-0.3, -0.25) is 0 Å². The standard InChI is InChI=1S/C11H23N/c1-8(2)9(3)7-12-10(4)11-5-6-11/h8-12H,5-7H2,1-4H3. The van der Waals surface area contributed by atoms with Crippen LogP contribution in [0.1, 0.15) is 40.5 Å². The predicted molar refractivity (Wildman–Crippen MR) is 54.2 cm³/mol. The average molecular weight is 169 g/mol. The van der Waals surface area contributed by atoms with Gasteiger partial charge in [0.1, 0.15) is 0 Å². The molecule has 1 nitrogen and oxygen atoms in total. The summed E-state index contributed by atoms with van der Waals surface area (Å²) < 4.78 is 0. The Balaban J connectivity index is 2.07. The fourth-order valence-electron chi connectivity index (χ4n) is 1.37. The van der Waals surface area contributed by atoms with Crippen LogP contribution in [-0.2, 0) is 0 Å². The van der Waals surface area contributed by atoms with Gasteiger partial charge >= 0.3 is 0 Å². The van der Waals surface area contributed by atoms with Gasteiger partial charge in [-0.15, -0.1) is 0 Å². The Labute approximate surface area is 76.9 Å². The van der Waals surface area contributed by atoms with Gasteiger partial charge in [-0.2, -0.15) is 0 Å². The van der Waals surface area contributed by atoms with Crippen molar-refractivity contribution in [1.82, 2.24) is 5.32 Å². The van der Waals surface area contributed by atoms with Crippen molar-refractivity contribution < 1.29 is 0 Å². The van der Waals surface area contributed by atoms with Crippen LogP contribution in [0.5, 0.6) is 0 Å². The molecule has 0 amide bonds. The van der Waals surface area contributed by atoms with E-state index in [-0.39, 0.29) is 0 Å². The number of hydrogen-bond acceptors (Lipinski definition) is 1. The summed E-state index contributed by atoms with van der Waals surface area (Å²) in [6, 6.07) is 0.756. The summed E-state index contributed by atoms with van der Waals surface area (Å²) in [6.45, 7) is 10.4. The third-order valence-corrected chi connectivity index (χ3v) is 3.23. The van der Waals surface area contributed by atoms with Gasteiger partial charge < -0.3 is 5.32 Å². The van der Waals surface area contributed by atoms with E-state index in [1.807, 2.05) is 0 Å². The molecule has 1 aliphatic carbocycles. The van der Waals surface area contributed by atoms with E-state index in [0.29, 0.717) is 0 Å². The molecule has 1 N–H and O–H groups in total. The zero-order chi connectivity index (χ0) is 9.14. The lowest BCUT2D eigenvalue weighted by atomic mass is 9.98. The van der Waals surface area contributed by atoms with Crippen molar-refractivity contribution in [3.05, 3.63) is 0 Å². The van der Waals surface area contributed by atoms with Gasteiger partial charge in [-0.05, 0) is 44.1 Å². The minimum absolute atomic E-state index is 0.756. The molecule has 0 aromatic rings. The molecule has 0 aliphatic heterocycles. The molecule has 72 valence electrons. The van der Waals surface area contributed by atoms with Gasteiger partial charge in [0.2, 0.25) is 0 Å². The van der Waals surface area contributed by atoms with Crippen LogP contribution in [-0.4, -0.2) is 12.6 Å². The van der Waals surface area contributed by atoms with Crippen LogP contribution in [0.15, 0.2) is 0 Å². The highest BCUT2D eigenvalue weighted by molar-refractivity contribution is 4.83. The Morgan fingerprint density at radius 2 is 1.75 bits per heavy atom. The van der Waals surface area contributed by atoms with Crippen LogP contribution in [0.4, 0.5) is 0 Å². The van der Waals surface area contributed by atoms with Crippen molar-refractivity contribution in [2.75, 3.05) is 6.54 Å². The van der Waals surface area contributed by atoms with E-state index in [9.17, 15) is 0 Å². The van der Waals surface area contributed by atoms with Crippen molar-refractivity contribution in [2.45, 2.75) is 46.6 Å². The monoisotopic (exact) mass is 169 g/mol. The highest BCUT2D eigenvalue weighted by Gasteiger charge is 2.27. The molecule has 1 saturated carbocycles. The summed E-state index contributed by atoms with van der Waals surface area (Å²) >= 11 is 0. The van der Waals surface area contributed by atoms with Crippen molar-refractivity contribution in [3.8, 4) is 0 Å². The molecule has 0 heterocycles. The van der Waals surface area contributed by atoms with E-state index in [1.54, 1.807) is 0 Å². The van der Waals surface area contributed by atoms with Gasteiger partial charge in [0.25, 0.3) is 0 Å². The minimum atomic E-state index is 0.756. The molecule has 0 saturated heterocycles. The molecule has 0 aromatic carbocycles. The second-order valence-corrected chi connectivity index (χ2v) is 4.76. The first-order chi connectivity index (χ1) is 5.61. The SMILES string of the molecule is CC(C)C(C)CNC(C)C1CC1. The highest BCUT2D eigenvalue weighted by atomic mass is 14.9. The Morgan fingerprint density at radius 1 is 1.17 bits per heavy atom. The highest BCUT2D eigenvalue weighted by Crippen LogP contribution is 2.32. The van der Waals surface area contributed by atoms with Crippen LogP contribution < -0.4 is 5.32 Å². The quantitative estimate of drug-likeness (QED) is 0.667. The van der Waals surface area contributed by atoms with E-state index >= 15 is 0 Å². The van der Waals surface area contributed by atoms with Crippen LogP contribution in [0.3, 0.4) is 0 Å². The molecule has 2 atom stereocenters. The maximum atomic E-state index is 3.63. The number of hydrogen-bond donors (Lipinski definition) is 1. The summed E-state index contributed by atoms with van der Waals surface area (Å²) in [4.78, 5) is 0. The van der Waals surface area contributed by atoms with Gasteiger partial charge in [-0.25, -0.2) is 0 Å². The summed E-state index contributed by atoms with van der Waals surface area (Å²) in [5.74, 6) is 2.61. The normalized spacial score (nSPS) is 22.8. The molecule has 1 fully saturated rings. The Kier molecular flexibility index (Phi) is 3.57. The average Bonchev–Trinajstić information content (AvgIpc) is 2.81. The molecule has 0 spiro atoms. The second-order valence-electron chi connectivity index (χ2n) is 4.76. The molecule has 0 radical (unpaired) electrons. The van der Waals surface area contributed by atoms with Gasteiger partial charge in [-0.1, -0.05) is 20.8 Å². The molecular weight excluding hydrogens is 146 g/mol. The number of nitrogens with one attached hydrogen (secondary N) is 1. The first kappa shape index (κ1) is 10.0. The lowest BCUT2D eigenvalue weighted by Crippen LogP contribution is -2.33. The summed E-state index contributed by atoms with van der Waals surface area (Å²) in [7, 11) is 0. The molecule has 0 aromatic heterocycles. The summed E-state index contributed by atoms with van der Waals surface area (Å²) in [6.07, 6.45) is 2.90. The fourth-order valence-corrected chi connectivity index (χ4v) is 1.37. The van der Waals surface area contributed by atoms with Crippen molar-refractivity contribution in [1.29, 1.82) is 0 Å². The van der Waals surface area contributed by atoms with Crippen molar-refractivity contribution in [2.24, 2.45) is 17.8 Å². The molecular formula is C11H23N. The third kappa shape index (κ3) is 3.14. The summed E-state index contributed by atoms with van der Waals surface area (Å²) in [5.41, 5.74) is 0. The van der Waals surface area contributed by atoms with E-state index in [4.69, 9.17) is 0 Å². The maximum Gasteiger partial charge on any atom is 0.00671 e. The summed E-state index contributed by atoms with van der Waals surface area (Å²) in [5, 5.41) is 3.63. The van der Waals surface area contributed by atoms with E-state index in [0.717, 1.165) is 23.8 Å². The predicted octanol–water partition coefficient (Wildman–Crippen LogP) is 2.67. The maximum absolute atomic E-state index is 3.63. The van der Waals surface area contributed by atoms with Crippen molar-refractivity contribution >= 4 is 0 Å². The smallest absolute Gasteiger partial charge is 0.00671 e. The first-order valence-corrected chi connectivity index (χ1v) is 5.34. The first-order valence-electron chi connectivity index (χ1n) is 5.34. The molecule has 1 aliphatic rings. The van der Waals surface area contributed by atoms with Crippen LogP contribution in [0.2, 0.25) is 0 Å². The van der Waals surface area contributed by atoms with Crippen LogP contribution in [0, 0.1) is 17.8 Å². The zero-order valence-corrected chi connectivity index (χ0v) is 8.93. The second kappa shape index (κ2) is 4.27. The fraction of sp³-hybridized carbons (Fsp3) is 1.00. The molecule has 1 rings (SSSR count). The largest absolute Gasteiger partial charge is 0.314 e. The van der Waals surface area contributed by atoms with Crippen molar-refractivity contribution in [3.63, 3.8) is 0 Å². The number of rotatable bonds is 5. The third-order valence-electron chi connectivity index (χ3n) is 3.23.